The fourth-order valence-electron chi connectivity index (χ4n) is 4.37. The number of halogens is 1. The van der Waals surface area contributed by atoms with Crippen molar-refractivity contribution in [3.63, 3.8) is 0 Å². The summed E-state index contributed by atoms with van der Waals surface area (Å²) in [5.74, 6) is -0.661. The lowest BCUT2D eigenvalue weighted by molar-refractivity contribution is 0.0374. The van der Waals surface area contributed by atoms with Gasteiger partial charge in [0.15, 0.2) is 9.84 Å². The molecular weight excluding hydrogens is 590 g/mol. The Labute approximate surface area is 244 Å². The highest BCUT2D eigenvalue weighted by Gasteiger charge is 2.32. The van der Waals surface area contributed by atoms with Gasteiger partial charge in [0.1, 0.15) is 10.6 Å². The molecule has 218 valence electrons. The van der Waals surface area contributed by atoms with Gasteiger partial charge in [0, 0.05) is 37.0 Å². The molecule has 2 heterocycles. The number of sulfonamides is 1. The molecule has 1 aliphatic rings. The first-order valence-corrected chi connectivity index (χ1v) is 15.9. The number of nitrogens with one attached hydrogen (secondary N) is 2. The van der Waals surface area contributed by atoms with Crippen LogP contribution in [0.15, 0.2) is 85.2 Å². The van der Waals surface area contributed by atoms with Crippen molar-refractivity contribution in [2.75, 3.05) is 36.3 Å². The number of sulfone groups is 1. The van der Waals surface area contributed by atoms with Gasteiger partial charge in [0.05, 0.1) is 41.4 Å². The van der Waals surface area contributed by atoms with Crippen LogP contribution in [-0.4, -0.2) is 68.9 Å². The van der Waals surface area contributed by atoms with Gasteiger partial charge in [-0.2, -0.15) is 0 Å². The number of amides is 1. The molecule has 2 unspecified atom stereocenters. The van der Waals surface area contributed by atoms with Crippen LogP contribution in [-0.2, 0) is 31.6 Å². The van der Waals surface area contributed by atoms with Crippen molar-refractivity contribution in [2.45, 2.75) is 15.5 Å². The van der Waals surface area contributed by atoms with Gasteiger partial charge < -0.3 is 14.6 Å². The molecule has 2 N–H and O–H groups in total. The lowest BCUT2D eigenvalue weighted by Gasteiger charge is -2.32. The van der Waals surface area contributed by atoms with E-state index in [1.54, 1.807) is 22.7 Å². The largest absolute Gasteiger partial charge is 0.379 e. The Morgan fingerprint density at radius 2 is 1.76 bits per heavy atom. The topological polar surface area (TPSA) is 140 Å². The third-order valence-corrected chi connectivity index (χ3v) is 10.3. The van der Waals surface area contributed by atoms with Crippen LogP contribution in [0.3, 0.4) is 0 Å². The molecule has 1 saturated heterocycles. The number of aryl methyl sites for hydroxylation is 1. The number of imidazole rings is 1. The smallest absolute Gasteiger partial charge is 0.257 e. The van der Waals surface area contributed by atoms with Crippen molar-refractivity contribution in [1.82, 2.24) is 14.5 Å². The van der Waals surface area contributed by atoms with Gasteiger partial charge in [-0.1, -0.05) is 23.8 Å². The first-order valence-electron chi connectivity index (χ1n) is 12.5. The number of hydrogen-bond donors (Lipinski definition) is 2. The van der Waals surface area contributed by atoms with Crippen LogP contribution in [0, 0.1) is 0 Å². The van der Waals surface area contributed by atoms with Crippen LogP contribution < -0.4 is 10.0 Å². The number of morpholine rings is 1. The van der Waals surface area contributed by atoms with E-state index in [1.807, 2.05) is 0 Å². The minimum atomic E-state index is -4.10. The third-order valence-electron chi connectivity index (χ3n) is 6.41. The van der Waals surface area contributed by atoms with E-state index in [4.69, 9.17) is 16.3 Å². The number of ether oxygens (including phenoxy) is 1. The standard InChI is InChI=1S/C27H30ClN5O6S2/c1-4-25(24-17-32(3)18-29-24)41(37,38)31-23-11-6-19(28)16-22(23)27(34)30-20-7-9-21(10-8-20)40(35,36)26(5-2)33-12-14-39-15-13-33/h4-11,16-18,25-26,31H,1-2,12-15H2,3H3,(H,30,34). The summed E-state index contributed by atoms with van der Waals surface area (Å²) >= 11 is 6.13. The van der Waals surface area contributed by atoms with Gasteiger partial charge in [-0.25, -0.2) is 21.8 Å². The number of rotatable bonds is 11. The van der Waals surface area contributed by atoms with E-state index >= 15 is 0 Å². The molecule has 1 aromatic heterocycles. The Bertz CT molecular complexity index is 1650. The maximum Gasteiger partial charge on any atom is 0.257 e. The molecule has 4 rings (SSSR count). The predicted molar refractivity (Wildman–Crippen MR) is 158 cm³/mol. The van der Waals surface area contributed by atoms with Crippen molar-refractivity contribution >= 4 is 48.7 Å². The second-order valence-corrected chi connectivity index (χ2v) is 13.5. The van der Waals surface area contributed by atoms with Crippen molar-refractivity contribution in [1.29, 1.82) is 0 Å². The lowest BCUT2D eigenvalue weighted by atomic mass is 10.1. The quantitative estimate of drug-likeness (QED) is 0.310. The molecule has 0 aliphatic carbocycles. The number of anilines is 2. The molecule has 14 heteroatoms. The van der Waals surface area contributed by atoms with Crippen LogP contribution in [0.4, 0.5) is 11.4 Å². The molecule has 11 nitrogen and oxygen atoms in total. The van der Waals surface area contributed by atoms with E-state index < -0.39 is 36.4 Å². The molecule has 0 radical (unpaired) electrons. The van der Waals surface area contributed by atoms with Gasteiger partial charge in [0.2, 0.25) is 10.0 Å². The number of benzene rings is 2. The number of nitrogens with zero attached hydrogens (tertiary/aromatic N) is 3. The predicted octanol–water partition coefficient (Wildman–Crippen LogP) is 3.61. The van der Waals surface area contributed by atoms with E-state index in [1.165, 1.54) is 60.9 Å². The molecule has 3 aromatic rings. The number of aromatic nitrogens is 2. The highest BCUT2D eigenvalue weighted by atomic mass is 35.5. The fourth-order valence-corrected chi connectivity index (χ4v) is 7.49. The van der Waals surface area contributed by atoms with Crippen molar-refractivity contribution < 1.29 is 26.4 Å². The van der Waals surface area contributed by atoms with Gasteiger partial charge in [-0.05, 0) is 42.5 Å². The van der Waals surface area contributed by atoms with E-state index in [0.717, 1.165) is 0 Å². The summed E-state index contributed by atoms with van der Waals surface area (Å²) in [5.41, 5.74) is 0.507. The molecule has 1 amide bonds. The molecule has 2 aromatic carbocycles. The van der Waals surface area contributed by atoms with E-state index in [-0.39, 0.29) is 26.9 Å². The Morgan fingerprint density at radius 3 is 2.34 bits per heavy atom. The SMILES string of the molecule is C=CC(c1cn(C)cn1)S(=O)(=O)Nc1ccc(Cl)cc1C(=O)Nc1ccc(S(=O)(=O)C(C=C)N2CCOCC2)cc1. The zero-order valence-corrected chi connectivity index (χ0v) is 24.6. The second kappa shape index (κ2) is 12.6. The second-order valence-electron chi connectivity index (χ2n) is 9.26. The minimum absolute atomic E-state index is 0.00628. The van der Waals surface area contributed by atoms with E-state index in [9.17, 15) is 21.6 Å². The molecule has 1 aliphatic heterocycles. The highest BCUT2D eigenvalue weighted by Crippen LogP contribution is 2.29. The van der Waals surface area contributed by atoms with Crippen LogP contribution in [0.2, 0.25) is 5.02 Å². The van der Waals surface area contributed by atoms with E-state index in [0.29, 0.717) is 32.0 Å². The Balaban J connectivity index is 1.54. The highest BCUT2D eigenvalue weighted by molar-refractivity contribution is 7.93. The lowest BCUT2D eigenvalue weighted by Crippen LogP contribution is -2.46. The summed E-state index contributed by atoms with van der Waals surface area (Å²) in [6, 6.07) is 9.85. The molecule has 0 spiro atoms. The molecule has 2 atom stereocenters. The normalized spacial score (nSPS) is 16.0. The van der Waals surface area contributed by atoms with Crippen LogP contribution in [0.5, 0.6) is 0 Å². The van der Waals surface area contributed by atoms with Gasteiger partial charge in [-0.3, -0.25) is 14.4 Å². The van der Waals surface area contributed by atoms with Gasteiger partial charge in [-0.15, -0.1) is 13.2 Å². The Hall–Kier alpha value is -3.49. The van der Waals surface area contributed by atoms with Gasteiger partial charge >= 0.3 is 0 Å². The van der Waals surface area contributed by atoms with Gasteiger partial charge in [0.25, 0.3) is 5.91 Å². The Morgan fingerprint density at radius 1 is 1.07 bits per heavy atom. The monoisotopic (exact) mass is 619 g/mol. The van der Waals surface area contributed by atoms with Crippen molar-refractivity contribution in [3.8, 4) is 0 Å². The van der Waals surface area contributed by atoms with Crippen LogP contribution >= 0.6 is 11.6 Å². The molecule has 1 fully saturated rings. The number of carbonyl (C=O) groups excluding carboxylic acids is 1. The summed E-state index contributed by atoms with van der Waals surface area (Å²) < 4.78 is 62.4. The van der Waals surface area contributed by atoms with Crippen LogP contribution in [0.1, 0.15) is 21.3 Å². The van der Waals surface area contributed by atoms with E-state index in [2.05, 4.69) is 28.2 Å². The summed E-state index contributed by atoms with van der Waals surface area (Å²) in [4.78, 5) is 19.2. The average Bonchev–Trinajstić information content (AvgIpc) is 3.36. The van der Waals surface area contributed by atoms with Crippen molar-refractivity contribution in [3.05, 3.63) is 96.6 Å². The van der Waals surface area contributed by atoms with Crippen molar-refractivity contribution in [2.24, 2.45) is 7.05 Å². The summed E-state index contributed by atoms with van der Waals surface area (Å²) in [6.07, 6.45) is 5.66. The Kier molecular flexibility index (Phi) is 9.34. The minimum Gasteiger partial charge on any atom is -0.379 e. The maximum atomic E-state index is 13.3. The third kappa shape index (κ3) is 6.88. The number of carbonyl (C=O) groups is 1. The maximum absolute atomic E-state index is 13.3. The molecule has 0 bridgehead atoms. The summed E-state index contributed by atoms with van der Waals surface area (Å²) in [5, 5.41) is 0.780. The molecule has 41 heavy (non-hydrogen) atoms. The summed E-state index contributed by atoms with van der Waals surface area (Å²) in [7, 11) is -6.17. The molecule has 0 saturated carbocycles. The number of hydrogen-bond acceptors (Lipinski definition) is 8. The zero-order chi connectivity index (χ0) is 29.8. The first kappa shape index (κ1) is 30.5. The first-order chi connectivity index (χ1) is 19.5. The average molecular weight is 620 g/mol. The zero-order valence-electron chi connectivity index (χ0n) is 22.2. The van der Waals surface area contributed by atoms with Crippen LogP contribution in [0.25, 0.3) is 0 Å². The summed E-state index contributed by atoms with van der Waals surface area (Å²) in [6.45, 7) is 9.12. The molecular formula is C27H30ClN5O6S2. The fraction of sp³-hybridized carbons (Fsp3) is 0.259.